The highest BCUT2D eigenvalue weighted by molar-refractivity contribution is 7.90. The van der Waals surface area contributed by atoms with Crippen LogP contribution in [-0.4, -0.2) is 30.7 Å². The molecule has 2 heterocycles. The van der Waals surface area contributed by atoms with Gasteiger partial charge in [0.1, 0.15) is 11.6 Å². The molecule has 0 unspecified atom stereocenters. The maximum atomic E-state index is 12.5. The lowest BCUT2D eigenvalue weighted by Gasteiger charge is -2.12. The van der Waals surface area contributed by atoms with Gasteiger partial charge in [-0.2, -0.15) is 5.10 Å². The highest BCUT2D eigenvalue weighted by Gasteiger charge is 2.33. The van der Waals surface area contributed by atoms with Crippen molar-refractivity contribution in [2.45, 2.75) is 18.4 Å². The molecule has 1 amide bonds. The number of aromatic nitrogens is 2. The lowest BCUT2D eigenvalue weighted by atomic mass is 10.2. The number of benzene rings is 2. The molecule has 2 aromatic carbocycles. The first-order valence-electron chi connectivity index (χ1n) is 8.87. The predicted octanol–water partition coefficient (Wildman–Crippen LogP) is 3.28. The first-order valence-corrected chi connectivity index (χ1v) is 11.1. The number of halogens is 1. The van der Waals surface area contributed by atoms with Crippen molar-refractivity contribution in [3.8, 4) is 11.4 Å². The standard InChI is InChI=1S/C20H18ClN3O4S/c1-13-2-8-16(9-3-13)28-10-19(25)22-20-17-11-29(26,27)12-18(17)23-24(20)15-6-4-14(21)5-7-15/h2-9H,10-12H2,1H3,(H,22,25). The van der Waals surface area contributed by atoms with E-state index in [-0.39, 0.29) is 18.1 Å². The number of carbonyl (C=O) groups is 1. The van der Waals surface area contributed by atoms with E-state index < -0.39 is 15.7 Å². The molecule has 1 N–H and O–H groups in total. The van der Waals surface area contributed by atoms with Gasteiger partial charge >= 0.3 is 0 Å². The van der Waals surface area contributed by atoms with Crippen LogP contribution in [0.4, 0.5) is 5.82 Å². The number of rotatable bonds is 5. The normalized spacial score (nSPS) is 14.4. The van der Waals surface area contributed by atoms with E-state index in [1.165, 1.54) is 4.68 Å². The number of amides is 1. The molecule has 0 saturated carbocycles. The van der Waals surface area contributed by atoms with Crippen LogP contribution in [0.15, 0.2) is 48.5 Å². The molecule has 1 aliphatic heterocycles. The molecular formula is C20H18ClN3O4S. The lowest BCUT2D eigenvalue weighted by molar-refractivity contribution is -0.118. The minimum absolute atomic E-state index is 0.147. The summed E-state index contributed by atoms with van der Waals surface area (Å²) in [5, 5.41) is 7.73. The van der Waals surface area contributed by atoms with E-state index in [0.29, 0.717) is 33.5 Å². The molecule has 7 nitrogen and oxygen atoms in total. The Labute approximate surface area is 173 Å². The minimum Gasteiger partial charge on any atom is -0.484 e. The van der Waals surface area contributed by atoms with Gasteiger partial charge in [0.25, 0.3) is 5.91 Å². The summed E-state index contributed by atoms with van der Waals surface area (Å²) in [5.74, 6) is 0.189. The zero-order chi connectivity index (χ0) is 20.6. The average Bonchev–Trinajstić information content (AvgIpc) is 3.14. The summed E-state index contributed by atoms with van der Waals surface area (Å²) in [5.41, 5.74) is 2.69. The molecule has 0 bridgehead atoms. The van der Waals surface area contributed by atoms with E-state index >= 15 is 0 Å². The number of aryl methyl sites for hydroxylation is 1. The third-order valence-corrected chi connectivity index (χ3v) is 6.20. The number of carbonyl (C=O) groups excluding carboxylic acids is 1. The van der Waals surface area contributed by atoms with Gasteiger partial charge in [0, 0.05) is 10.6 Å². The van der Waals surface area contributed by atoms with Crippen molar-refractivity contribution in [2.24, 2.45) is 0 Å². The highest BCUT2D eigenvalue weighted by atomic mass is 35.5. The van der Waals surface area contributed by atoms with Crippen molar-refractivity contribution in [2.75, 3.05) is 11.9 Å². The van der Waals surface area contributed by atoms with Gasteiger partial charge in [-0.3, -0.25) is 4.79 Å². The molecule has 0 saturated heterocycles. The summed E-state index contributed by atoms with van der Waals surface area (Å²) in [7, 11) is -3.26. The van der Waals surface area contributed by atoms with Crippen LogP contribution in [0.1, 0.15) is 16.8 Å². The topological polar surface area (TPSA) is 90.3 Å². The Kier molecular flexibility index (Phi) is 5.06. The van der Waals surface area contributed by atoms with Crippen molar-refractivity contribution < 1.29 is 17.9 Å². The van der Waals surface area contributed by atoms with Crippen LogP contribution >= 0.6 is 11.6 Å². The molecule has 0 aliphatic carbocycles. The van der Waals surface area contributed by atoms with Gasteiger partial charge in [0.15, 0.2) is 16.4 Å². The maximum absolute atomic E-state index is 12.5. The van der Waals surface area contributed by atoms with E-state index in [2.05, 4.69) is 10.4 Å². The Bertz CT molecular complexity index is 1170. The number of nitrogens with one attached hydrogen (secondary N) is 1. The number of anilines is 1. The molecule has 1 aliphatic rings. The van der Waals surface area contributed by atoms with Gasteiger partial charge in [-0.15, -0.1) is 0 Å². The van der Waals surface area contributed by atoms with Crippen LogP contribution in [0.25, 0.3) is 5.69 Å². The van der Waals surface area contributed by atoms with Crippen molar-refractivity contribution in [1.82, 2.24) is 9.78 Å². The summed E-state index contributed by atoms with van der Waals surface area (Å²) < 4.78 is 31.1. The van der Waals surface area contributed by atoms with Crippen LogP contribution < -0.4 is 10.1 Å². The fraction of sp³-hybridized carbons (Fsp3) is 0.200. The van der Waals surface area contributed by atoms with Gasteiger partial charge in [-0.25, -0.2) is 13.1 Å². The Morgan fingerprint density at radius 3 is 2.52 bits per heavy atom. The number of ether oxygens (including phenoxy) is 1. The third-order valence-electron chi connectivity index (χ3n) is 4.51. The molecule has 0 spiro atoms. The van der Waals surface area contributed by atoms with Gasteiger partial charge in [0.05, 0.1) is 22.9 Å². The molecule has 4 rings (SSSR count). The number of nitrogens with zero attached hydrogens (tertiary/aromatic N) is 2. The second-order valence-electron chi connectivity index (χ2n) is 6.84. The highest BCUT2D eigenvalue weighted by Crippen LogP contribution is 2.33. The molecule has 150 valence electrons. The number of hydrogen-bond donors (Lipinski definition) is 1. The summed E-state index contributed by atoms with van der Waals surface area (Å²) in [6.45, 7) is 1.75. The van der Waals surface area contributed by atoms with Gasteiger partial charge in [-0.1, -0.05) is 29.3 Å². The van der Waals surface area contributed by atoms with E-state index in [1.54, 1.807) is 36.4 Å². The fourth-order valence-electron chi connectivity index (χ4n) is 3.09. The zero-order valence-corrected chi connectivity index (χ0v) is 17.1. The van der Waals surface area contributed by atoms with Crippen LogP contribution in [0.2, 0.25) is 5.02 Å². The zero-order valence-electron chi connectivity index (χ0n) is 15.6. The summed E-state index contributed by atoms with van der Waals surface area (Å²) in [4.78, 5) is 12.5. The first-order chi connectivity index (χ1) is 13.8. The molecule has 29 heavy (non-hydrogen) atoms. The van der Waals surface area contributed by atoms with Crippen molar-refractivity contribution in [3.63, 3.8) is 0 Å². The predicted molar refractivity (Wildman–Crippen MR) is 110 cm³/mol. The van der Waals surface area contributed by atoms with Crippen LogP contribution in [-0.2, 0) is 26.1 Å². The van der Waals surface area contributed by atoms with Gasteiger partial charge < -0.3 is 10.1 Å². The molecule has 0 atom stereocenters. The van der Waals surface area contributed by atoms with E-state index in [1.807, 2.05) is 19.1 Å². The third kappa shape index (κ3) is 4.28. The fourth-order valence-corrected chi connectivity index (χ4v) is 4.71. The lowest BCUT2D eigenvalue weighted by Crippen LogP contribution is -2.22. The first kappa shape index (κ1) is 19.5. The Balaban J connectivity index is 1.59. The largest absolute Gasteiger partial charge is 0.484 e. The Morgan fingerprint density at radius 1 is 1.14 bits per heavy atom. The molecule has 0 fully saturated rings. The second-order valence-corrected chi connectivity index (χ2v) is 9.35. The van der Waals surface area contributed by atoms with Crippen molar-refractivity contribution >= 4 is 33.2 Å². The number of hydrogen-bond acceptors (Lipinski definition) is 5. The van der Waals surface area contributed by atoms with Crippen molar-refractivity contribution in [1.29, 1.82) is 0 Å². The molecule has 0 radical (unpaired) electrons. The molecule has 1 aromatic heterocycles. The van der Waals surface area contributed by atoms with Crippen molar-refractivity contribution in [3.05, 3.63) is 70.4 Å². The number of sulfone groups is 1. The minimum atomic E-state index is -3.26. The van der Waals surface area contributed by atoms with E-state index in [0.717, 1.165) is 5.56 Å². The smallest absolute Gasteiger partial charge is 0.263 e. The molecule has 9 heteroatoms. The molecular weight excluding hydrogens is 414 g/mol. The summed E-state index contributed by atoms with van der Waals surface area (Å²) in [6.07, 6.45) is 0. The van der Waals surface area contributed by atoms with Gasteiger partial charge in [-0.05, 0) is 43.3 Å². The molecule has 3 aromatic rings. The maximum Gasteiger partial charge on any atom is 0.263 e. The van der Waals surface area contributed by atoms with Crippen LogP contribution in [0.3, 0.4) is 0 Å². The van der Waals surface area contributed by atoms with Crippen LogP contribution in [0, 0.1) is 6.92 Å². The van der Waals surface area contributed by atoms with Crippen LogP contribution in [0.5, 0.6) is 5.75 Å². The Hall–Kier alpha value is -2.84. The second kappa shape index (κ2) is 7.53. The summed E-state index contributed by atoms with van der Waals surface area (Å²) in [6, 6.07) is 14.2. The van der Waals surface area contributed by atoms with Gasteiger partial charge in [0.2, 0.25) is 0 Å². The average molecular weight is 432 g/mol. The monoisotopic (exact) mass is 431 g/mol. The SMILES string of the molecule is Cc1ccc(OCC(=O)Nc2c3c(nn2-c2ccc(Cl)cc2)CS(=O)(=O)C3)cc1. The quantitative estimate of drug-likeness (QED) is 0.669. The van der Waals surface area contributed by atoms with E-state index in [4.69, 9.17) is 16.3 Å². The Morgan fingerprint density at radius 2 is 1.83 bits per heavy atom. The van der Waals surface area contributed by atoms with E-state index in [9.17, 15) is 13.2 Å². The summed E-state index contributed by atoms with van der Waals surface area (Å²) >= 11 is 5.95. The number of fused-ring (bicyclic) bond motifs is 1.